The molecule has 1 heterocycles. The number of rotatable bonds is 7. The van der Waals surface area contributed by atoms with E-state index in [1.807, 2.05) is 0 Å². The quantitative estimate of drug-likeness (QED) is 0.722. The van der Waals surface area contributed by atoms with E-state index in [0.717, 1.165) is 0 Å². The lowest BCUT2D eigenvalue weighted by Crippen LogP contribution is -2.27. The predicted octanol–water partition coefficient (Wildman–Crippen LogP) is 1.59. The molecule has 0 fully saturated rings. The summed E-state index contributed by atoms with van der Waals surface area (Å²) in [5, 5.41) is 14.1. The second-order valence-electron chi connectivity index (χ2n) is 4.70. The van der Waals surface area contributed by atoms with Crippen LogP contribution in [0.3, 0.4) is 0 Å². The first-order valence-corrected chi connectivity index (χ1v) is 6.86. The molecule has 0 aliphatic heterocycles. The molecule has 8 nitrogen and oxygen atoms in total. The minimum Gasteiger partial charge on any atom is -0.480 e. The third-order valence-electron chi connectivity index (χ3n) is 2.83. The zero-order valence-electron chi connectivity index (χ0n) is 12.5. The molecule has 0 spiro atoms. The van der Waals surface area contributed by atoms with Crippen LogP contribution in [0.25, 0.3) is 11.4 Å². The van der Waals surface area contributed by atoms with Gasteiger partial charge in [0.2, 0.25) is 5.82 Å². The number of carboxylic acids is 1. The summed E-state index contributed by atoms with van der Waals surface area (Å²) in [7, 11) is 0. The SMILES string of the molecule is O=C(O)COCCNC(=O)c1ccc(-c2noc(C(F)(F)F)n2)cc1. The summed E-state index contributed by atoms with van der Waals surface area (Å²) in [6, 6.07) is 5.51. The summed E-state index contributed by atoms with van der Waals surface area (Å²) in [4.78, 5) is 25.3. The number of ether oxygens (including phenoxy) is 1. The number of amides is 1. The molecular weight excluding hydrogens is 347 g/mol. The average Bonchev–Trinajstić information content (AvgIpc) is 3.04. The van der Waals surface area contributed by atoms with Gasteiger partial charge in [0, 0.05) is 17.7 Å². The normalized spacial score (nSPS) is 11.3. The fourth-order valence-corrected chi connectivity index (χ4v) is 1.72. The van der Waals surface area contributed by atoms with E-state index in [9.17, 15) is 22.8 Å². The minimum absolute atomic E-state index is 0.0270. The third kappa shape index (κ3) is 5.28. The molecule has 0 aliphatic carbocycles. The number of benzene rings is 1. The number of aromatic nitrogens is 2. The van der Waals surface area contributed by atoms with Crippen molar-refractivity contribution in [3.8, 4) is 11.4 Å². The zero-order valence-corrected chi connectivity index (χ0v) is 12.5. The van der Waals surface area contributed by atoms with Gasteiger partial charge < -0.3 is 19.7 Å². The summed E-state index contributed by atoms with van der Waals surface area (Å²) < 4.78 is 46.1. The number of hydrogen-bond acceptors (Lipinski definition) is 6. The van der Waals surface area contributed by atoms with Crippen molar-refractivity contribution in [2.24, 2.45) is 0 Å². The van der Waals surface area contributed by atoms with Crippen LogP contribution in [0.15, 0.2) is 28.8 Å². The maximum absolute atomic E-state index is 12.4. The smallest absolute Gasteiger partial charge is 0.471 e. The Kier molecular flexibility index (Phi) is 5.70. The highest BCUT2D eigenvalue weighted by molar-refractivity contribution is 5.94. The Bertz CT molecular complexity index is 743. The topological polar surface area (TPSA) is 115 Å². The predicted molar refractivity (Wildman–Crippen MR) is 75.5 cm³/mol. The van der Waals surface area contributed by atoms with Crippen molar-refractivity contribution >= 4 is 11.9 Å². The van der Waals surface area contributed by atoms with Crippen LogP contribution in [0.2, 0.25) is 0 Å². The molecule has 1 aromatic heterocycles. The Labute approximate surface area is 138 Å². The molecule has 0 atom stereocenters. The van der Waals surface area contributed by atoms with Crippen molar-refractivity contribution in [3.05, 3.63) is 35.7 Å². The maximum atomic E-state index is 12.4. The maximum Gasteiger partial charge on any atom is 0.471 e. The molecule has 0 radical (unpaired) electrons. The van der Waals surface area contributed by atoms with Crippen molar-refractivity contribution in [1.29, 1.82) is 0 Å². The first-order valence-electron chi connectivity index (χ1n) is 6.86. The largest absolute Gasteiger partial charge is 0.480 e. The highest BCUT2D eigenvalue weighted by atomic mass is 19.4. The van der Waals surface area contributed by atoms with Crippen molar-refractivity contribution in [2.75, 3.05) is 19.8 Å². The number of aliphatic carboxylic acids is 1. The summed E-state index contributed by atoms with van der Waals surface area (Å²) in [5.74, 6) is -3.27. The Morgan fingerprint density at radius 1 is 1.24 bits per heavy atom. The summed E-state index contributed by atoms with van der Waals surface area (Å²) >= 11 is 0. The van der Waals surface area contributed by atoms with Gasteiger partial charge in [0.15, 0.2) is 0 Å². The van der Waals surface area contributed by atoms with Crippen LogP contribution in [0.5, 0.6) is 0 Å². The molecule has 0 bridgehead atoms. The number of alkyl halides is 3. The number of carbonyl (C=O) groups is 2. The van der Waals surface area contributed by atoms with E-state index in [1.165, 1.54) is 24.3 Å². The van der Waals surface area contributed by atoms with Gasteiger partial charge in [-0.1, -0.05) is 17.3 Å². The van der Waals surface area contributed by atoms with Crippen molar-refractivity contribution in [3.63, 3.8) is 0 Å². The van der Waals surface area contributed by atoms with E-state index in [4.69, 9.17) is 9.84 Å². The van der Waals surface area contributed by atoms with Gasteiger partial charge in [-0.15, -0.1) is 0 Å². The summed E-state index contributed by atoms with van der Waals surface area (Å²) in [6.45, 7) is -0.331. The van der Waals surface area contributed by atoms with E-state index in [2.05, 4.69) is 20.0 Å². The van der Waals surface area contributed by atoms with Gasteiger partial charge in [-0.05, 0) is 12.1 Å². The number of nitrogens with zero attached hydrogens (tertiary/aromatic N) is 2. The number of hydrogen-bond donors (Lipinski definition) is 2. The fraction of sp³-hybridized carbons (Fsp3) is 0.286. The molecule has 134 valence electrons. The van der Waals surface area contributed by atoms with Crippen LogP contribution >= 0.6 is 0 Å². The molecule has 0 saturated carbocycles. The molecule has 25 heavy (non-hydrogen) atoms. The van der Waals surface area contributed by atoms with E-state index >= 15 is 0 Å². The fourth-order valence-electron chi connectivity index (χ4n) is 1.72. The second-order valence-corrected chi connectivity index (χ2v) is 4.70. The molecule has 2 rings (SSSR count). The summed E-state index contributed by atoms with van der Waals surface area (Å²) in [6.07, 6.45) is -4.73. The monoisotopic (exact) mass is 359 g/mol. The van der Waals surface area contributed by atoms with Gasteiger partial charge in [0.1, 0.15) is 6.61 Å². The van der Waals surface area contributed by atoms with Crippen LogP contribution in [0.1, 0.15) is 16.2 Å². The average molecular weight is 359 g/mol. The molecule has 1 aromatic carbocycles. The van der Waals surface area contributed by atoms with E-state index in [-0.39, 0.29) is 30.1 Å². The molecule has 1 amide bonds. The molecule has 2 N–H and O–H groups in total. The van der Waals surface area contributed by atoms with Crippen molar-refractivity contribution in [1.82, 2.24) is 15.5 Å². The minimum atomic E-state index is -4.73. The van der Waals surface area contributed by atoms with E-state index < -0.39 is 30.6 Å². The first kappa shape index (κ1) is 18.4. The molecule has 0 aliphatic rings. The highest BCUT2D eigenvalue weighted by Crippen LogP contribution is 2.29. The van der Waals surface area contributed by atoms with Crippen LogP contribution in [0, 0.1) is 0 Å². The Morgan fingerprint density at radius 2 is 1.92 bits per heavy atom. The molecule has 0 saturated heterocycles. The summed E-state index contributed by atoms with van der Waals surface area (Å²) in [5.41, 5.74) is 0.502. The number of carbonyl (C=O) groups excluding carboxylic acids is 1. The van der Waals surface area contributed by atoms with Gasteiger partial charge in [0.25, 0.3) is 5.91 Å². The Balaban J connectivity index is 1.92. The van der Waals surface area contributed by atoms with Crippen LogP contribution in [-0.2, 0) is 15.7 Å². The van der Waals surface area contributed by atoms with Crippen LogP contribution < -0.4 is 5.32 Å². The van der Waals surface area contributed by atoms with Gasteiger partial charge >= 0.3 is 18.0 Å². The molecular formula is C14H12F3N3O5. The van der Waals surface area contributed by atoms with Gasteiger partial charge in [-0.3, -0.25) is 4.79 Å². The lowest BCUT2D eigenvalue weighted by molar-refractivity contribution is -0.159. The zero-order chi connectivity index (χ0) is 18.4. The first-order chi connectivity index (χ1) is 11.8. The number of carboxylic acid groups (broad SMARTS) is 1. The lowest BCUT2D eigenvalue weighted by atomic mass is 10.1. The van der Waals surface area contributed by atoms with Crippen LogP contribution in [-0.4, -0.2) is 46.9 Å². The molecule has 11 heteroatoms. The molecule has 0 unspecified atom stereocenters. The highest BCUT2D eigenvalue weighted by Gasteiger charge is 2.38. The molecule has 2 aromatic rings. The third-order valence-corrected chi connectivity index (χ3v) is 2.83. The van der Waals surface area contributed by atoms with Crippen LogP contribution in [0.4, 0.5) is 13.2 Å². The second kappa shape index (κ2) is 7.75. The van der Waals surface area contributed by atoms with Crippen molar-refractivity contribution in [2.45, 2.75) is 6.18 Å². The van der Waals surface area contributed by atoms with Gasteiger partial charge in [-0.2, -0.15) is 18.2 Å². The van der Waals surface area contributed by atoms with Gasteiger partial charge in [-0.25, -0.2) is 4.79 Å². The van der Waals surface area contributed by atoms with Crippen molar-refractivity contribution < 1.29 is 37.1 Å². The van der Waals surface area contributed by atoms with Gasteiger partial charge in [0.05, 0.1) is 6.61 Å². The lowest BCUT2D eigenvalue weighted by Gasteiger charge is -2.05. The Morgan fingerprint density at radius 3 is 2.48 bits per heavy atom. The van der Waals surface area contributed by atoms with E-state index in [1.54, 1.807) is 0 Å². The number of nitrogens with one attached hydrogen (secondary N) is 1. The number of halogens is 3. The van der Waals surface area contributed by atoms with E-state index in [0.29, 0.717) is 0 Å². The standard InChI is InChI=1S/C14H12F3N3O5/c15-14(16,17)13-19-11(20-25-13)8-1-3-9(4-2-8)12(23)18-5-6-24-7-10(21)22/h1-4H,5-7H2,(H,18,23)(H,21,22). The Hall–Kier alpha value is -2.95.